The summed E-state index contributed by atoms with van der Waals surface area (Å²) < 4.78 is 0. The van der Waals surface area contributed by atoms with Crippen molar-refractivity contribution in [1.82, 2.24) is 10.2 Å². The molecule has 0 aliphatic rings. The van der Waals surface area contributed by atoms with Gasteiger partial charge in [0.15, 0.2) is 0 Å². The third-order valence-electron chi connectivity index (χ3n) is 2.96. The fourth-order valence-electron chi connectivity index (χ4n) is 1.91. The fraction of sp³-hybridized carbons (Fsp3) is 0.533. The molecule has 0 saturated carbocycles. The van der Waals surface area contributed by atoms with Crippen LogP contribution >= 0.6 is 11.6 Å². The number of carbonyl (C=O) groups excluding carboxylic acids is 1. The van der Waals surface area contributed by atoms with E-state index in [1.165, 1.54) is 0 Å². The number of nitrogens with zero attached hydrogens (tertiary/aromatic N) is 1. The van der Waals surface area contributed by atoms with Gasteiger partial charge in [0, 0.05) is 26.1 Å². The predicted octanol–water partition coefficient (Wildman–Crippen LogP) is 2.44. The maximum atomic E-state index is 11.9. The Hall–Kier alpha value is -1.10. The summed E-state index contributed by atoms with van der Waals surface area (Å²) in [6, 6.07) is 3.87. The summed E-state index contributed by atoms with van der Waals surface area (Å²) in [5.41, 5.74) is 2.80. The van der Waals surface area contributed by atoms with Gasteiger partial charge in [-0.1, -0.05) is 17.7 Å². The Labute approximate surface area is 126 Å². The molecule has 0 aromatic heterocycles. The van der Waals surface area contributed by atoms with Crippen LogP contribution in [0.1, 0.15) is 17.5 Å². The van der Waals surface area contributed by atoms with Gasteiger partial charge in [-0.25, -0.2) is 0 Å². The van der Waals surface area contributed by atoms with Gasteiger partial charge in [0.05, 0.1) is 10.7 Å². The Bertz CT molecular complexity index is 437. The van der Waals surface area contributed by atoms with E-state index in [9.17, 15) is 4.79 Å². The van der Waals surface area contributed by atoms with Crippen LogP contribution in [-0.2, 0) is 4.79 Å². The number of aryl methyl sites for hydroxylation is 2. The van der Waals surface area contributed by atoms with Crippen molar-refractivity contribution in [2.45, 2.75) is 20.3 Å². The second-order valence-electron chi connectivity index (χ2n) is 5.29. The molecule has 5 heteroatoms. The van der Waals surface area contributed by atoms with Crippen LogP contribution in [0, 0.1) is 13.8 Å². The van der Waals surface area contributed by atoms with E-state index in [0.29, 0.717) is 18.0 Å². The maximum Gasteiger partial charge on any atom is 0.225 e. The monoisotopic (exact) mass is 297 g/mol. The highest BCUT2D eigenvalue weighted by Gasteiger charge is 2.09. The molecule has 0 spiro atoms. The van der Waals surface area contributed by atoms with Gasteiger partial charge in [-0.3, -0.25) is 4.79 Å². The largest absolute Gasteiger partial charge is 0.325 e. The lowest BCUT2D eigenvalue weighted by Gasteiger charge is -2.12. The van der Waals surface area contributed by atoms with Crippen molar-refractivity contribution in [2.75, 3.05) is 39.0 Å². The first-order valence-corrected chi connectivity index (χ1v) is 7.20. The van der Waals surface area contributed by atoms with E-state index in [-0.39, 0.29) is 5.91 Å². The first-order chi connectivity index (χ1) is 9.40. The normalized spacial score (nSPS) is 10.9. The molecule has 1 aromatic carbocycles. The van der Waals surface area contributed by atoms with Crippen LogP contribution in [0.5, 0.6) is 0 Å². The van der Waals surface area contributed by atoms with Gasteiger partial charge < -0.3 is 15.5 Å². The van der Waals surface area contributed by atoms with Crippen molar-refractivity contribution in [1.29, 1.82) is 0 Å². The van der Waals surface area contributed by atoms with Crippen molar-refractivity contribution < 1.29 is 4.79 Å². The molecular formula is C15H24ClN3O. The Morgan fingerprint density at radius 2 is 1.95 bits per heavy atom. The molecule has 0 fully saturated rings. The van der Waals surface area contributed by atoms with E-state index < -0.39 is 0 Å². The number of rotatable bonds is 7. The molecule has 0 heterocycles. The molecule has 20 heavy (non-hydrogen) atoms. The smallest absolute Gasteiger partial charge is 0.225 e. The number of amides is 1. The summed E-state index contributed by atoms with van der Waals surface area (Å²) in [6.45, 7) is 6.44. The summed E-state index contributed by atoms with van der Waals surface area (Å²) in [4.78, 5) is 14.0. The van der Waals surface area contributed by atoms with Gasteiger partial charge in [-0.15, -0.1) is 0 Å². The van der Waals surface area contributed by atoms with Crippen LogP contribution in [0.15, 0.2) is 12.1 Å². The number of likely N-dealkylation sites (N-methyl/N-ethyl adjacent to an activating group) is 1. The summed E-state index contributed by atoms with van der Waals surface area (Å²) in [6.07, 6.45) is 0.442. The Morgan fingerprint density at radius 3 is 2.55 bits per heavy atom. The highest BCUT2D eigenvalue weighted by atomic mass is 35.5. The summed E-state index contributed by atoms with van der Waals surface area (Å²) >= 11 is 6.16. The van der Waals surface area contributed by atoms with Crippen LogP contribution in [0.25, 0.3) is 0 Å². The predicted molar refractivity (Wildman–Crippen MR) is 85.6 cm³/mol. The van der Waals surface area contributed by atoms with E-state index in [1.807, 2.05) is 40.1 Å². The van der Waals surface area contributed by atoms with Gasteiger partial charge in [-0.05, 0) is 45.1 Å². The molecule has 1 rings (SSSR count). The molecule has 112 valence electrons. The average Bonchev–Trinajstić information content (AvgIpc) is 2.33. The molecule has 0 unspecified atom stereocenters. The minimum absolute atomic E-state index is 0.0174. The van der Waals surface area contributed by atoms with E-state index >= 15 is 0 Å². The molecule has 4 nitrogen and oxygen atoms in total. The zero-order chi connectivity index (χ0) is 15.1. The van der Waals surface area contributed by atoms with Crippen molar-refractivity contribution in [2.24, 2.45) is 0 Å². The maximum absolute atomic E-state index is 11.9. The Balaban J connectivity index is 2.39. The van der Waals surface area contributed by atoms with Crippen LogP contribution in [0.3, 0.4) is 0 Å². The first kappa shape index (κ1) is 17.0. The molecule has 0 atom stereocenters. The van der Waals surface area contributed by atoms with Gasteiger partial charge in [0.1, 0.15) is 0 Å². The highest BCUT2D eigenvalue weighted by molar-refractivity contribution is 6.34. The molecule has 0 bridgehead atoms. The Kier molecular flexibility index (Phi) is 6.99. The number of anilines is 1. The SMILES string of the molecule is Cc1cc(C)c(NC(=O)CCNCCN(C)C)c(Cl)c1. The van der Waals surface area contributed by atoms with Gasteiger partial charge >= 0.3 is 0 Å². The van der Waals surface area contributed by atoms with E-state index in [0.717, 1.165) is 29.9 Å². The standard InChI is InChI=1S/C15H24ClN3O/c1-11-9-12(2)15(13(16)10-11)18-14(20)5-6-17-7-8-19(3)4/h9-10,17H,5-8H2,1-4H3,(H,18,20). The molecule has 0 aliphatic heterocycles. The van der Waals surface area contributed by atoms with Gasteiger partial charge in [0.2, 0.25) is 5.91 Å². The molecule has 0 saturated heterocycles. The third kappa shape index (κ3) is 5.90. The highest BCUT2D eigenvalue weighted by Crippen LogP contribution is 2.27. The Morgan fingerprint density at radius 1 is 1.25 bits per heavy atom. The van der Waals surface area contributed by atoms with Gasteiger partial charge in [0.25, 0.3) is 0 Å². The summed E-state index contributed by atoms with van der Waals surface area (Å²) in [7, 11) is 4.05. The minimum Gasteiger partial charge on any atom is -0.325 e. The summed E-state index contributed by atoms with van der Waals surface area (Å²) in [5, 5.41) is 6.71. The lowest BCUT2D eigenvalue weighted by molar-refractivity contribution is -0.116. The minimum atomic E-state index is -0.0174. The topological polar surface area (TPSA) is 44.4 Å². The van der Waals surface area contributed by atoms with E-state index in [4.69, 9.17) is 11.6 Å². The number of nitrogens with one attached hydrogen (secondary N) is 2. The average molecular weight is 298 g/mol. The van der Waals surface area contributed by atoms with E-state index in [1.54, 1.807) is 0 Å². The lowest BCUT2D eigenvalue weighted by Crippen LogP contribution is -2.29. The second kappa shape index (κ2) is 8.25. The number of benzene rings is 1. The quantitative estimate of drug-likeness (QED) is 0.760. The summed E-state index contributed by atoms with van der Waals surface area (Å²) in [5.74, 6) is -0.0174. The number of carbonyl (C=O) groups is 1. The zero-order valence-electron chi connectivity index (χ0n) is 12.7. The van der Waals surface area contributed by atoms with Crippen molar-refractivity contribution in [3.8, 4) is 0 Å². The van der Waals surface area contributed by atoms with Crippen LogP contribution in [0.4, 0.5) is 5.69 Å². The molecule has 2 N–H and O–H groups in total. The zero-order valence-corrected chi connectivity index (χ0v) is 13.5. The number of hydrogen-bond acceptors (Lipinski definition) is 3. The van der Waals surface area contributed by atoms with Crippen molar-refractivity contribution in [3.63, 3.8) is 0 Å². The number of halogens is 1. The molecule has 0 aliphatic carbocycles. The van der Waals surface area contributed by atoms with Crippen molar-refractivity contribution in [3.05, 3.63) is 28.3 Å². The van der Waals surface area contributed by atoms with Gasteiger partial charge in [-0.2, -0.15) is 0 Å². The fourth-order valence-corrected chi connectivity index (χ4v) is 2.27. The van der Waals surface area contributed by atoms with Crippen LogP contribution in [0.2, 0.25) is 5.02 Å². The molecule has 1 amide bonds. The third-order valence-corrected chi connectivity index (χ3v) is 3.26. The molecule has 0 radical (unpaired) electrons. The lowest BCUT2D eigenvalue weighted by atomic mass is 10.1. The molecule has 1 aromatic rings. The van der Waals surface area contributed by atoms with Crippen LogP contribution in [-0.4, -0.2) is 44.5 Å². The molecular weight excluding hydrogens is 274 g/mol. The van der Waals surface area contributed by atoms with Crippen molar-refractivity contribution >= 4 is 23.2 Å². The number of hydrogen-bond donors (Lipinski definition) is 2. The van der Waals surface area contributed by atoms with E-state index in [2.05, 4.69) is 15.5 Å². The van der Waals surface area contributed by atoms with Crippen LogP contribution < -0.4 is 10.6 Å². The second-order valence-corrected chi connectivity index (χ2v) is 5.70. The first-order valence-electron chi connectivity index (χ1n) is 6.82.